The highest BCUT2D eigenvalue weighted by Crippen LogP contribution is 2.26. The second-order valence-corrected chi connectivity index (χ2v) is 6.60. The first-order chi connectivity index (χ1) is 13.2. The lowest BCUT2D eigenvalue weighted by Gasteiger charge is -2.08. The van der Waals surface area contributed by atoms with Crippen LogP contribution < -0.4 is 5.63 Å². The van der Waals surface area contributed by atoms with Crippen molar-refractivity contribution in [2.75, 3.05) is 0 Å². The van der Waals surface area contributed by atoms with Gasteiger partial charge in [-0.15, -0.1) is 0 Å². The van der Waals surface area contributed by atoms with Crippen molar-refractivity contribution in [2.24, 2.45) is 0 Å². The van der Waals surface area contributed by atoms with Gasteiger partial charge in [0, 0.05) is 17.7 Å². The summed E-state index contributed by atoms with van der Waals surface area (Å²) >= 11 is 0. The molecule has 0 radical (unpaired) electrons. The molecule has 0 bridgehead atoms. The normalized spacial score (nSPS) is 11.2. The molecule has 5 heteroatoms. The summed E-state index contributed by atoms with van der Waals surface area (Å²) in [5.41, 5.74) is 3.23. The van der Waals surface area contributed by atoms with E-state index in [1.165, 1.54) is 0 Å². The van der Waals surface area contributed by atoms with Crippen LogP contribution in [0.3, 0.4) is 0 Å². The zero-order valence-electron chi connectivity index (χ0n) is 15.5. The first kappa shape index (κ1) is 17.2. The van der Waals surface area contributed by atoms with Gasteiger partial charge in [0.1, 0.15) is 5.82 Å². The van der Waals surface area contributed by atoms with E-state index >= 15 is 0 Å². The molecule has 0 amide bonds. The number of aryl methyl sites for hydroxylation is 2. The molecule has 4 rings (SSSR count). The van der Waals surface area contributed by atoms with Crippen LogP contribution in [0.2, 0.25) is 0 Å². The molecular formula is C22H21N3O2. The third-order valence-corrected chi connectivity index (χ3v) is 4.68. The largest absolute Gasteiger partial charge is 0.402 e. The maximum absolute atomic E-state index is 12.8. The number of benzene rings is 2. The second-order valence-electron chi connectivity index (χ2n) is 6.60. The molecule has 2 aromatic heterocycles. The predicted molar refractivity (Wildman–Crippen MR) is 107 cm³/mol. The van der Waals surface area contributed by atoms with Crippen molar-refractivity contribution >= 4 is 11.2 Å². The van der Waals surface area contributed by atoms with Gasteiger partial charge in [-0.25, -0.2) is 9.78 Å². The fourth-order valence-electron chi connectivity index (χ4n) is 3.24. The highest BCUT2D eigenvalue weighted by Gasteiger charge is 2.19. The van der Waals surface area contributed by atoms with Gasteiger partial charge in [0.2, 0.25) is 5.89 Å². The molecule has 0 unspecified atom stereocenters. The Hall–Kier alpha value is -3.21. The molecule has 0 aliphatic carbocycles. The SMILES string of the molecule is CCCCn1c(-c2ccccc2)nc2nc(-c3ccccc3C)oc(=O)c21. The molecule has 0 saturated heterocycles. The zero-order valence-corrected chi connectivity index (χ0v) is 15.5. The van der Waals surface area contributed by atoms with E-state index in [0.717, 1.165) is 35.4 Å². The first-order valence-electron chi connectivity index (χ1n) is 9.22. The average molecular weight is 359 g/mol. The summed E-state index contributed by atoms with van der Waals surface area (Å²) in [6, 6.07) is 17.6. The lowest BCUT2D eigenvalue weighted by Crippen LogP contribution is -2.10. The molecule has 136 valence electrons. The van der Waals surface area contributed by atoms with Crippen LogP contribution in [0.4, 0.5) is 0 Å². The molecule has 2 heterocycles. The number of unbranched alkanes of at least 4 members (excludes halogenated alkanes) is 1. The predicted octanol–water partition coefficient (Wildman–Crippen LogP) is 4.83. The minimum Gasteiger partial charge on any atom is -0.402 e. The van der Waals surface area contributed by atoms with Gasteiger partial charge in [0.25, 0.3) is 0 Å². The van der Waals surface area contributed by atoms with Crippen LogP contribution >= 0.6 is 0 Å². The molecule has 0 saturated carbocycles. The summed E-state index contributed by atoms with van der Waals surface area (Å²) in [5, 5.41) is 0. The van der Waals surface area contributed by atoms with E-state index in [0.29, 0.717) is 23.6 Å². The molecule has 2 aromatic carbocycles. The van der Waals surface area contributed by atoms with Gasteiger partial charge in [-0.05, 0) is 25.0 Å². The number of aromatic nitrogens is 3. The van der Waals surface area contributed by atoms with E-state index in [2.05, 4.69) is 11.9 Å². The quantitative estimate of drug-likeness (QED) is 0.512. The number of imidazole rings is 1. The Balaban J connectivity index is 1.96. The number of fused-ring (bicyclic) bond motifs is 1. The van der Waals surface area contributed by atoms with Gasteiger partial charge in [-0.3, -0.25) is 0 Å². The van der Waals surface area contributed by atoms with Crippen LogP contribution in [0, 0.1) is 6.92 Å². The van der Waals surface area contributed by atoms with Gasteiger partial charge in [0.05, 0.1) is 0 Å². The van der Waals surface area contributed by atoms with Crippen LogP contribution in [-0.4, -0.2) is 14.5 Å². The van der Waals surface area contributed by atoms with E-state index in [4.69, 9.17) is 9.40 Å². The summed E-state index contributed by atoms with van der Waals surface area (Å²) in [5.74, 6) is 1.06. The van der Waals surface area contributed by atoms with Crippen molar-refractivity contribution in [2.45, 2.75) is 33.2 Å². The molecule has 0 spiro atoms. The van der Waals surface area contributed by atoms with Gasteiger partial charge in [-0.1, -0.05) is 61.9 Å². The minimum atomic E-state index is -0.399. The monoisotopic (exact) mass is 359 g/mol. The van der Waals surface area contributed by atoms with Crippen molar-refractivity contribution in [1.82, 2.24) is 14.5 Å². The summed E-state index contributed by atoms with van der Waals surface area (Å²) < 4.78 is 7.54. The Morgan fingerprint density at radius 2 is 1.74 bits per heavy atom. The van der Waals surface area contributed by atoms with E-state index in [-0.39, 0.29) is 0 Å². The zero-order chi connectivity index (χ0) is 18.8. The highest BCUT2D eigenvalue weighted by atomic mass is 16.4. The molecule has 27 heavy (non-hydrogen) atoms. The van der Waals surface area contributed by atoms with Gasteiger partial charge < -0.3 is 8.98 Å². The molecule has 5 nitrogen and oxygen atoms in total. The van der Waals surface area contributed by atoms with E-state index in [9.17, 15) is 4.79 Å². The summed E-state index contributed by atoms with van der Waals surface area (Å²) in [7, 11) is 0. The Bertz CT molecular complexity index is 1140. The number of hydrogen-bond acceptors (Lipinski definition) is 4. The van der Waals surface area contributed by atoms with Crippen molar-refractivity contribution in [3.05, 3.63) is 70.6 Å². The minimum absolute atomic E-state index is 0.311. The molecule has 0 N–H and O–H groups in total. The highest BCUT2D eigenvalue weighted by molar-refractivity contribution is 5.78. The summed E-state index contributed by atoms with van der Waals surface area (Å²) in [6.45, 7) is 4.79. The third-order valence-electron chi connectivity index (χ3n) is 4.68. The van der Waals surface area contributed by atoms with Crippen molar-refractivity contribution in [3.63, 3.8) is 0 Å². The lowest BCUT2D eigenvalue weighted by molar-refractivity contribution is 0.511. The fourth-order valence-corrected chi connectivity index (χ4v) is 3.24. The average Bonchev–Trinajstić information content (AvgIpc) is 3.06. The van der Waals surface area contributed by atoms with E-state index in [1.807, 2.05) is 66.1 Å². The van der Waals surface area contributed by atoms with Crippen molar-refractivity contribution in [3.8, 4) is 22.8 Å². The Labute approximate surface area is 157 Å². The van der Waals surface area contributed by atoms with Crippen LogP contribution in [0.25, 0.3) is 34.0 Å². The van der Waals surface area contributed by atoms with Crippen LogP contribution in [-0.2, 0) is 6.54 Å². The maximum Gasteiger partial charge on any atom is 0.365 e. The molecule has 0 aliphatic rings. The molecule has 0 aliphatic heterocycles. The van der Waals surface area contributed by atoms with Crippen LogP contribution in [0.1, 0.15) is 25.3 Å². The molecular weight excluding hydrogens is 338 g/mol. The third kappa shape index (κ3) is 3.16. The van der Waals surface area contributed by atoms with Crippen molar-refractivity contribution in [1.29, 1.82) is 0 Å². The van der Waals surface area contributed by atoms with Crippen molar-refractivity contribution < 1.29 is 4.42 Å². The standard InChI is InChI=1S/C22H21N3O2/c1-3-4-14-25-18-19(23-20(25)16-11-6-5-7-12-16)24-21(27-22(18)26)17-13-9-8-10-15(17)2/h5-13H,3-4,14H2,1-2H3. The fraction of sp³-hybridized carbons (Fsp3) is 0.227. The second kappa shape index (κ2) is 7.19. The van der Waals surface area contributed by atoms with Crippen LogP contribution in [0.5, 0.6) is 0 Å². The van der Waals surface area contributed by atoms with E-state index in [1.54, 1.807) is 0 Å². The smallest absolute Gasteiger partial charge is 0.365 e. The van der Waals surface area contributed by atoms with E-state index < -0.39 is 5.63 Å². The van der Waals surface area contributed by atoms with Gasteiger partial charge >= 0.3 is 5.63 Å². The Morgan fingerprint density at radius 3 is 2.48 bits per heavy atom. The lowest BCUT2D eigenvalue weighted by atomic mass is 10.1. The molecule has 0 fully saturated rings. The maximum atomic E-state index is 12.8. The van der Waals surface area contributed by atoms with Gasteiger partial charge in [0.15, 0.2) is 11.2 Å². The van der Waals surface area contributed by atoms with Crippen LogP contribution in [0.15, 0.2) is 63.8 Å². The summed E-state index contributed by atoms with van der Waals surface area (Å²) in [6.07, 6.45) is 1.97. The Morgan fingerprint density at radius 1 is 1.00 bits per heavy atom. The summed E-state index contributed by atoms with van der Waals surface area (Å²) in [4.78, 5) is 22.1. The van der Waals surface area contributed by atoms with Gasteiger partial charge in [-0.2, -0.15) is 4.98 Å². The topological polar surface area (TPSA) is 60.9 Å². The number of nitrogens with zero attached hydrogens (tertiary/aromatic N) is 3. The molecule has 0 atom stereocenters. The molecule has 4 aromatic rings. The number of rotatable bonds is 5. The number of hydrogen-bond donors (Lipinski definition) is 0. The first-order valence-corrected chi connectivity index (χ1v) is 9.22. The Kier molecular flexibility index (Phi) is 4.59.